The van der Waals surface area contributed by atoms with Crippen LogP contribution in [0, 0.1) is 0 Å². The molecule has 16 heavy (non-hydrogen) atoms. The first-order chi connectivity index (χ1) is 7.43. The molecule has 0 spiro atoms. The summed E-state index contributed by atoms with van der Waals surface area (Å²) in [7, 11) is 0. The van der Waals surface area contributed by atoms with Gasteiger partial charge in [-0.2, -0.15) is 0 Å². The Morgan fingerprint density at radius 3 is 2.81 bits per heavy atom. The number of carbonyl (C=O) groups is 1. The molecule has 1 rings (SSSR count). The molecule has 0 radical (unpaired) electrons. The van der Waals surface area contributed by atoms with Crippen molar-refractivity contribution in [2.75, 3.05) is 6.61 Å². The summed E-state index contributed by atoms with van der Waals surface area (Å²) in [6.45, 7) is 8.90. The summed E-state index contributed by atoms with van der Waals surface area (Å²) in [5, 5.41) is 3.04. The first-order valence-corrected chi connectivity index (χ1v) is 6.04. The minimum absolute atomic E-state index is 0.0297. The zero-order valence-corrected chi connectivity index (χ0v) is 10.8. The van der Waals surface area contributed by atoms with E-state index in [0.29, 0.717) is 0 Å². The van der Waals surface area contributed by atoms with Crippen LogP contribution in [0.1, 0.15) is 47.0 Å². The van der Waals surface area contributed by atoms with E-state index in [-0.39, 0.29) is 17.6 Å². The van der Waals surface area contributed by atoms with Gasteiger partial charge in [-0.05, 0) is 40.0 Å². The van der Waals surface area contributed by atoms with Crippen LogP contribution in [0.15, 0.2) is 11.6 Å². The Kier molecular flexibility index (Phi) is 4.54. The van der Waals surface area contributed by atoms with Crippen LogP contribution in [0.5, 0.6) is 0 Å². The molecule has 1 aliphatic heterocycles. The van der Waals surface area contributed by atoms with Crippen LogP contribution in [0.25, 0.3) is 0 Å². The van der Waals surface area contributed by atoms with E-state index >= 15 is 0 Å². The van der Waals surface area contributed by atoms with Gasteiger partial charge in [0, 0.05) is 18.7 Å². The Hall–Kier alpha value is -0.830. The number of hydrogen-bond donors (Lipinski definition) is 1. The fraction of sp³-hybridized carbons (Fsp3) is 0.769. The van der Waals surface area contributed by atoms with Crippen molar-refractivity contribution in [2.24, 2.45) is 0 Å². The minimum atomic E-state index is -0.111. The molecule has 0 aromatic heterocycles. The van der Waals surface area contributed by atoms with Gasteiger partial charge in [-0.25, -0.2) is 0 Å². The predicted molar refractivity (Wildman–Crippen MR) is 65.2 cm³/mol. The second kappa shape index (κ2) is 5.48. The van der Waals surface area contributed by atoms with Crippen molar-refractivity contribution in [1.29, 1.82) is 0 Å². The molecule has 0 aliphatic carbocycles. The molecule has 1 amide bonds. The first kappa shape index (κ1) is 13.2. The third-order valence-corrected chi connectivity index (χ3v) is 2.98. The fourth-order valence-electron chi connectivity index (χ4n) is 1.92. The van der Waals surface area contributed by atoms with Crippen LogP contribution in [0.2, 0.25) is 0 Å². The van der Waals surface area contributed by atoms with Crippen LogP contribution in [-0.4, -0.2) is 24.2 Å². The normalized spacial score (nSPS) is 25.2. The fourth-order valence-corrected chi connectivity index (χ4v) is 1.92. The van der Waals surface area contributed by atoms with Gasteiger partial charge in [0.15, 0.2) is 0 Å². The van der Waals surface area contributed by atoms with Crippen molar-refractivity contribution in [1.82, 2.24) is 5.32 Å². The largest absolute Gasteiger partial charge is 0.375 e. The van der Waals surface area contributed by atoms with Crippen LogP contribution < -0.4 is 5.32 Å². The monoisotopic (exact) mass is 225 g/mol. The molecule has 1 N–H and O–H groups in total. The van der Waals surface area contributed by atoms with Gasteiger partial charge in [0.1, 0.15) is 0 Å². The Morgan fingerprint density at radius 1 is 1.56 bits per heavy atom. The van der Waals surface area contributed by atoms with Crippen molar-refractivity contribution in [3.8, 4) is 0 Å². The Morgan fingerprint density at radius 2 is 2.25 bits per heavy atom. The number of amides is 1. The molecule has 3 heteroatoms. The Labute approximate surface area is 98.2 Å². The summed E-state index contributed by atoms with van der Waals surface area (Å²) >= 11 is 0. The molecule has 3 nitrogen and oxygen atoms in total. The first-order valence-electron chi connectivity index (χ1n) is 6.04. The summed E-state index contributed by atoms with van der Waals surface area (Å²) < 4.78 is 5.61. The van der Waals surface area contributed by atoms with E-state index in [4.69, 9.17) is 4.74 Å². The van der Waals surface area contributed by atoms with E-state index in [2.05, 4.69) is 26.1 Å². The Balaban J connectivity index is 2.45. The number of rotatable bonds is 3. The van der Waals surface area contributed by atoms with Gasteiger partial charge in [-0.1, -0.05) is 12.5 Å². The molecule has 0 aromatic rings. The zero-order valence-electron chi connectivity index (χ0n) is 10.8. The van der Waals surface area contributed by atoms with E-state index in [0.717, 1.165) is 31.4 Å². The zero-order chi connectivity index (χ0) is 12.2. The van der Waals surface area contributed by atoms with Gasteiger partial charge in [-0.15, -0.1) is 0 Å². The highest BCUT2D eigenvalue weighted by Gasteiger charge is 2.29. The molecule has 0 aromatic carbocycles. The number of nitrogens with one attached hydrogen (secondary N) is 1. The van der Waals surface area contributed by atoms with E-state index in [9.17, 15) is 4.79 Å². The number of ether oxygens (including phenoxy) is 1. The van der Waals surface area contributed by atoms with Gasteiger partial charge in [0.05, 0.1) is 5.60 Å². The molecule has 1 atom stereocenters. The van der Waals surface area contributed by atoms with Crippen molar-refractivity contribution < 1.29 is 9.53 Å². The SMILES string of the molecule is CCC(C)=CC(=O)NC1CCOC(C)(C)C1. The predicted octanol–water partition coefficient (Wildman–Crippen LogP) is 2.42. The van der Waals surface area contributed by atoms with Crippen LogP contribution >= 0.6 is 0 Å². The molecule has 1 unspecified atom stereocenters. The quantitative estimate of drug-likeness (QED) is 0.749. The maximum absolute atomic E-state index is 11.7. The summed E-state index contributed by atoms with van der Waals surface area (Å²) in [6, 6.07) is 0.247. The lowest BCUT2D eigenvalue weighted by Crippen LogP contribution is -2.45. The second-order valence-corrected chi connectivity index (χ2v) is 5.15. The lowest BCUT2D eigenvalue weighted by molar-refractivity contribution is -0.119. The number of carbonyl (C=O) groups excluding carboxylic acids is 1. The molecule has 1 saturated heterocycles. The molecule has 1 fully saturated rings. The van der Waals surface area contributed by atoms with Crippen LogP contribution in [-0.2, 0) is 9.53 Å². The van der Waals surface area contributed by atoms with E-state index in [1.807, 2.05) is 6.92 Å². The lowest BCUT2D eigenvalue weighted by Gasteiger charge is -2.35. The van der Waals surface area contributed by atoms with Crippen molar-refractivity contribution in [3.63, 3.8) is 0 Å². The molecule has 0 bridgehead atoms. The molecule has 1 heterocycles. The number of hydrogen-bond acceptors (Lipinski definition) is 2. The van der Waals surface area contributed by atoms with Crippen molar-refractivity contribution in [2.45, 2.75) is 58.6 Å². The smallest absolute Gasteiger partial charge is 0.244 e. The molecular weight excluding hydrogens is 202 g/mol. The average molecular weight is 225 g/mol. The van der Waals surface area contributed by atoms with Crippen molar-refractivity contribution >= 4 is 5.91 Å². The Bertz CT molecular complexity index is 282. The highest BCUT2D eigenvalue weighted by Crippen LogP contribution is 2.23. The van der Waals surface area contributed by atoms with Crippen molar-refractivity contribution in [3.05, 3.63) is 11.6 Å². The van der Waals surface area contributed by atoms with Gasteiger partial charge in [0.2, 0.25) is 5.91 Å². The lowest BCUT2D eigenvalue weighted by atomic mass is 9.94. The molecule has 0 saturated carbocycles. The van der Waals surface area contributed by atoms with Gasteiger partial charge in [0.25, 0.3) is 0 Å². The van der Waals surface area contributed by atoms with Crippen LogP contribution in [0.3, 0.4) is 0 Å². The van der Waals surface area contributed by atoms with Gasteiger partial charge < -0.3 is 10.1 Å². The number of allylic oxidation sites excluding steroid dienone is 1. The molecule has 1 aliphatic rings. The summed E-state index contributed by atoms with van der Waals surface area (Å²) in [4.78, 5) is 11.7. The summed E-state index contributed by atoms with van der Waals surface area (Å²) in [5.74, 6) is 0.0297. The second-order valence-electron chi connectivity index (χ2n) is 5.15. The van der Waals surface area contributed by atoms with E-state index in [1.165, 1.54) is 0 Å². The highest BCUT2D eigenvalue weighted by atomic mass is 16.5. The average Bonchev–Trinajstić information content (AvgIpc) is 2.15. The standard InChI is InChI=1S/C13H23NO2/c1-5-10(2)8-12(15)14-11-6-7-16-13(3,4)9-11/h8,11H,5-7,9H2,1-4H3,(H,14,15). The third-order valence-electron chi connectivity index (χ3n) is 2.98. The summed E-state index contributed by atoms with van der Waals surface area (Å²) in [5.41, 5.74) is 1.00. The highest BCUT2D eigenvalue weighted by molar-refractivity contribution is 5.88. The van der Waals surface area contributed by atoms with Gasteiger partial charge in [-0.3, -0.25) is 4.79 Å². The molecular formula is C13H23NO2. The van der Waals surface area contributed by atoms with Crippen LogP contribution in [0.4, 0.5) is 0 Å². The summed E-state index contributed by atoms with van der Waals surface area (Å²) in [6.07, 6.45) is 4.42. The maximum Gasteiger partial charge on any atom is 0.244 e. The van der Waals surface area contributed by atoms with Gasteiger partial charge >= 0.3 is 0 Å². The minimum Gasteiger partial charge on any atom is -0.375 e. The van der Waals surface area contributed by atoms with E-state index in [1.54, 1.807) is 6.08 Å². The maximum atomic E-state index is 11.7. The third kappa shape index (κ3) is 4.35. The molecule has 92 valence electrons. The van der Waals surface area contributed by atoms with E-state index < -0.39 is 0 Å². The topological polar surface area (TPSA) is 38.3 Å².